The summed E-state index contributed by atoms with van der Waals surface area (Å²) in [6.07, 6.45) is -2.09. The molecule has 15 heteroatoms. The van der Waals surface area contributed by atoms with Crippen molar-refractivity contribution < 1.29 is 49.2 Å². The predicted molar refractivity (Wildman–Crippen MR) is 120 cm³/mol. The van der Waals surface area contributed by atoms with Gasteiger partial charge in [-0.25, -0.2) is 4.79 Å². The van der Waals surface area contributed by atoms with Crippen molar-refractivity contribution in [2.24, 2.45) is 11.5 Å². The summed E-state index contributed by atoms with van der Waals surface area (Å²) >= 11 is 0. The number of aliphatic carboxylic acids is 3. The Morgan fingerprint density at radius 1 is 0.743 bits per heavy atom. The maximum atomic E-state index is 12.8. The number of rotatable bonds is 18. The third-order valence-electron chi connectivity index (χ3n) is 4.91. The molecule has 0 aromatic rings. The topological polar surface area (TPSA) is 271 Å². The van der Waals surface area contributed by atoms with Gasteiger partial charge in [-0.15, -0.1) is 0 Å². The molecule has 15 nitrogen and oxygen atoms in total. The van der Waals surface area contributed by atoms with Gasteiger partial charge in [-0.1, -0.05) is 0 Å². The van der Waals surface area contributed by atoms with Gasteiger partial charge in [0.05, 0.1) is 12.1 Å². The largest absolute Gasteiger partial charge is 0.481 e. The van der Waals surface area contributed by atoms with Gasteiger partial charge in [0.1, 0.15) is 18.1 Å². The van der Waals surface area contributed by atoms with E-state index < -0.39 is 85.2 Å². The van der Waals surface area contributed by atoms with E-state index in [0.29, 0.717) is 19.4 Å². The summed E-state index contributed by atoms with van der Waals surface area (Å²) in [7, 11) is 0. The predicted octanol–water partition coefficient (Wildman–Crippen LogP) is -2.91. The minimum atomic E-state index is -1.62. The van der Waals surface area contributed by atoms with Crippen molar-refractivity contribution in [2.75, 3.05) is 6.54 Å². The van der Waals surface area contributed by atoms with Gasteiger partial charge >= 0.3 is 17.9 Å². The molecule has 0 aromatic heterocycles. The van der Waals surface area contributed by atoms with Crippen molar-refractivity contribution in [2.45, 2.75) is 82.1 Å². The van der Waals surface area contributed by atoms with Crippen molar-refractivity contribution in [3.05, 3.63) is 0 Å². The lowest BCUT2D eigenvalue weighted by Crippen LogP contribution is -2.59. The Kier molecular flexibility index (Phi) is 14.8. The third-order valence-corrected chi connectivity index (χ3v) is 4.91. The van der Waals surface area contributed by atoms with Crippen LogP contribution in [0.5, 0.6) is 0 Å². The van der Waals surface area contributed by atoms with Crippen LogP contribution in [0.1, 0.15) is 51.9 Å². The minimum absolute atomic E-state index is 0.0598. The number of carbonyl (C=O) groups is 6. The third kappa shape index (κ3) is 13.2. The van der Waals surface area contributed by atoms with Gasteiger partial charge in [0.25, 0.3) is 0 Å². The Morgan fingerprint density at radius 3 is 1.77 bits per heavy atom. The molecular weight excluding hydrogens is 470 g/mol. The van der Waals surface area contributed by atoms with E-state index in [-0.39, 0.29) is 12.8 Å². The Balaban J connectivity index is 5.42. The highest BCUT2D eigenvalue weighted by atomic mass is 16.4. The van der Waals surface area contributed by atoms with Crippen LogP contribution >= 0.6 is 0 Å². The second-order valence-corrected chi connectivity index (χ2v) is 7.94. The molecule has 5 unspecified atom stereocenters. The maximum absolute atomic E-state index is 12.8. The van der Waals surface area contributed by atoms with E-state index >= 15 is 0 Å². The van der Waals surface area contributed by atoms with E-state index in [1.807, 2.05) is 0 Å². The zero-order valence-electron chi connectivity index (χ0n) is 19.4. The summed E-state index contributed by atoms with van der Waals surface area (Å²) in [5.41, 5.74) is 11.0. The number of nitrogens with two attached hydrogens (primary N) is 2. The van der Waals surface area contributed by atoms with Crippen LogP contribution in [0.15, 0.2) is 0 Å². The minimum Gasteiger partial charge on any atom is -0.481 e. The van der Waals surface area contributed by atoms with E-state index in [9.17, 15) is 39.0 Å². The molecule has 0 rings (SSSR count). The Labute approximate surface area is 201 Å². The van der Waals surface area contributed by atoms with Crippen molar-refractivity contribution in [3.8, 4) is 0 Å². The molecule has 0 bridgehead atoms. The molecule has 0 aliphatic rings. The quantitative estimate of drug-likeness (QED) is 0.0848. The standard InChI is InChI=1S/C20H35N5O10/c1-10(26)16(19(33)24-13(20(34)35)4-2-3-9-21)25-18(32)12(6-8-15(29)30)23-17(31)11(22)5-7-14(27)28/h10-13,16,26H,2-9,21-22H2,1H3,(H,23,31)(H,24,33)(H,25,32)(H,27,28)(H,29,30)(H,34,35). The molecule has 5 atom stereocenters. The van der Waals surface area contributed by atoms with Gasteiger partial charge in [0.2, 0.25) is 17.7 Å². The monoisotopic (exact) mass is 505 g/mol. The number of aliphatic hydroxyl groups excluding tert-OH is 1. The van der Waals surface area contributed by atoms with Crippen LogP contribution < -0.4 is 27.4 Å². The highest BCUT2D eigenvalue weighted by Crippen LogP contribution is 2.06. The van der Waals surface area contributed by atoms with E-state index in [2.05, 4.69) is 16.0 Å². The second kappa shape index (κ2) is 16.3. The molecule has 0 radical (unpaired) electrons. The number of carboxylic acid groups (broad SMARTS) is 3. The van der Waals surface area contributed by atoms with Crippen molar-refractivity contribution >= 4 is 35.6 Å². The van der Waals surface area contributed by atoms with E-state index in [0.717, 1.165) is 0 Å². The molecule has 35 heavy (non-hydrogen) atoms. The fourth-order valence-electron chi connectivity index (χ4n) is 2.90. The van der Waals surface area contributed by atoms with Gasteiger partial charge < -0.3 is 47.8 Å². The highest BCUT2D eigenvalue weighted by Gasteiger charge is 2.32. The van der Waals surface area contributed by atoms with Crippen LogP contribution in [0.4, 0.5) is 0 Å². The van der Waals surface area contributed by atoms with E-state index in [4.69, 9.17) is 21.7 Å². The van der Waals surface area contributed by atoms with Crippen LogP contribution in [0, 0.1) is 0 Å². The number of hydrogen-bond acceptors (Lipinski definition) is 9. The summed E-state index contributed by atoms with van der Waals surface area (Å²) in [6, 6.07) is -5.71. The van der Waals surface area contributed by atoms with Gasteiger partial charge in [-0.05, 0) is 45.6 Å². The lowest BCUT2D eigenvalue weighted by Gasteiger charge is -2.26. The number of hydrogen-bond donors (Lipinski definition) is 9. The summed E-state index contributed by atoms with van der Waals surface area (Å²) in [5.74, 6) is -6.74. The number of unbranched alkanes of at least 4 members (excludes halogenated alkanes) is 1. The highest BCUT2D eigenvalue weighted by molar-refractivity contribution is 5.94. The lowest BCUT2D eigenvalue weighted by atomic mass is 10.1. The zero-order valence-corrected chi connectivity index (χ0v) is 19.4. The number of nitrogens with one attached hydrogen (secondary N) is 3. The lowest BCUT2D eigenvalue weighted by molar-refractivity contribution is -0.143. The average Bonchev–Trinajstić information content (AvgIpc) is 2.76. The number of aliphatic hydroxyl groups is 1. The van der Waals surface area contributed by atoms with E-state index in [1.54, 1.807) is 0 Å². The van der Waals surface area contributed by atoms with Crippen LogP contribution in [0.3, 0.4) is 0 Å². The van der Waals surface area contributed by atoms with Gasteiger partial charge in [-0.3, -0.25) is 24.0 Å². The normalized spacial score (nSPS) is 15.1. The first kappa shape index (κ1) is 31.7. The molecule has 0 saturated heterocycles. The molecule has 11 N–H and O–H groups in total. The average molecular weight is 506 g/mol. The molecular formula is C20H35N5O10. The molecule has 0 heterocycles. The van der Waals surface area contributed by atoms with E-state index in [1.165, 1.54) is 6.92 Å². The SMILES string of the molecule is CC(O)C(NC(=O)C(CCC(=O)O)NC(=O)C(N)CCC(=O)O)C(=O)NC(CCCCN)C(=O)O. The molecule has 0 aromatic carbocycles. The van der Waals surface area contributed by atoms with Gasteiger partial charge in [0.15, 0.2) is 0 Å². The zero-order chi connectivity index (χ0) is 27.1. The molecule has 0 fully saturated rings. The molecule has 0 aliphatic heterocycles. The van der Waals surface area contributed by atoms with Crippen LogP contribution in [-0.4, -0.2) is 92.9 Å². The molecule has 0 saturated carbocycles. The van der Waals surface area contributed by atoms with Crippen LogP contribution in [0.25, 0.3) is 0 Å². The fraction of sp³-hybridized carbons (Fsp3) is 0.700. The fourth-order valence-corrected chi connectivity index (χ4v) is 2.90. The van der Waals surface area contributed by atoms with Crippen LogP contribution in [-0.2, 0) is 28.8 Å². The number of amides is 3. The van der Waals surface area contributed by atoms with Crippen molar-refractivity contribution in [1.82, 2.24) is 16.0 Å². The molecule has 0 aliphatic carbocycles. The van der Waals surface area contributed by atoms with Gasteiger partial charge in [-0.2, -0.15) is 0 Å². The molecule has 200 valence electrons. The molecule has 3 amide bonds. The first-order valence-corrected chi connectivity index (χ1v) is 11.0. The first-order valence-electron chi connectivity index (χ1n) is 11.0. The van der Waals surface area contributed by atoms with Crippen molar-refractivity contribution in [1.29, 1.82) is 0 Å². The summed E-state index contributed by atoms with van der Waals surface area (Å²) in [6.45, 7) is 1.50. The Morgan fingerprint density at radius 2 is 1.29 bits per heavy atom. The Bertz CT molecular complexity index is 761. The summed E-state index contributed by atoms with van der Waals surface area (Å²) < 4.78 is 0. The number of carbonyl (C=O) groups excluding carboxylic acids is 3. The molecule has 0 spiro atoms. The van der Waals surface area contributed by atoms with Gasteiger partial charge in [0, 0.05) is 12.8 Å². The summed E-state index contributed by atoms with van der Waals surface area (Å²) in [4.78, 5) is 70.7. The van der Waals surface area contributed by atoms with Crippen molar-refractivity contribution in [3.63, 3.8) is 0 Å². The van der Waals surface area contributed by atoms with Crippen LogP contribution in [0.2, 0.25) is 0 Å². The number of carboxylic acids is 3. The first-order chi connectivity index (χ1) is 16.3. The summed E-state index contributed by atoms with van der Waals surface area (Å²) in [5, 5.41) is 43.6. The maximum Gasteiger partial charge on any atom is 0.326 e. The Hall–Kier alpha value is -3.30. The second-order valence-electron chi connectivity index (χ2n) is 7.94. The smallest absolute Gasteiger partial charge is 0.326 e.